The topological polar surface area (TPSA) is 46.5 Å². The molecule has 0 unspecified atom stereocenters. The first-order valence-corrected chi connectivity index (χ1v) is 8.38. The maximum absolute atomic E-state index is 11.3. The molecule has 0 spiro atoms. The van der Waals surface area contributed by atoms with Gasteiger partial charge in [0.05, 0.1) is 0 Å². The number of hydrogen-bond acceptors (Lipinski definition) is 2. The minimum absolute atomic E-state index is 0.379. The van der Waals surface area contributed by atoms with Gasteiger partial charge in [0.1, 0.15) is 5.75 Å². The van der Waals surface area contributed by atoms with Gasteiger partial charge in [-0.1, -0.05) is 86.1 Å². The highest BCUT2D eigenvalue weighted by Crippen LogP contribution is 2.40. The monoisotopic (exact) mass is 332 g/mol. The standard InChI is InChI=1S/C22H20O3/c1-2-9-16-12-6-7-13-18(16)20-15-8-14-19(21(20)25-22(23)24)17-10-4-3-5-11-17/h3-8,10-15H,2,9H2,1H3,(H,23,24). The molecule has 3 rings (SSSR count). The fraction of sp³-hybridized carbons (Fsp3) is 0.136. The summed E-state index contributed by atoms with van der Waals surface area (Å²) in [5, 5.41) is 9.26. The summed E-state index contributed by atoms with van der Waals surface area (Å²) in [7, 11) is 0. The smallest absolute Gasteiger partial charge is 0.449 e. The van der Waals surface area contributed by atoms with Gasteiger partial charge in [-0.05, 0) is 23.1 Å². The highest BCUT2D eigenvalue weighted by atomic mass is 16.7. The van der Waals surface area contributed by atoms with E-state index in [1.807, 2.05) is 66.7 Å². The third-order valence-corrected chi connectivity index (χ3v) is 4.12. The number of carboxylic acid groups (broad SMARTS) is 1. The maximum atomic E-state index is 11.3. The Morgan fingerprint density at radius 1 is 0.840 bits per heavy atom. The first-order valence-electron chi connectivity index (χ1n) is 8.38. The van der Waals surface area contributed by atoms with Crippen LogP contribution >= 0.6 is 0 Å². The third kappa shape index (κ3) is 3.72. The molecular weight excluding hydrogens is 312 g/mol. The molecule has 0 radical (unpaired) electrons. The lowest BCUT2D eigenvalue weighted by molar-refractivity contribution is 0.145. The van der Waals surface area contributed by atoms with Crippen molar-refractivity contribution >= 4 is 6.16 Å². The molecule has 0 fully saturated rings. The van der Waals surface area contributed by atoms with Gasteiger partial charge in [0.2, 0.25) is 0 Å². The Hall–Kier alpha value is -3.07. The van der Waals surface area contributed by atoms with Crippen molar-refractivity contribution in [1.29, 1.82) is 0 Å². The summed E-state index contributed by atoms with van der Waals surface area (Å²) >= 11 is 0. The van der Waals surface area contributed by atoms with Crippen LogP contribution in [-0.4, -0.2) is 11.3 Å². The van der Waals surface area contributed by atoms with E-state index < -0.39 is 6.16 Å². The van der Waals surface area contributed by atoms with Crippen molar-refractivity contribution in [2.75, 3.05) is 0 Å². The number of rotatable bonds is 5. The van der Waals surface area contributed by atoms with Crippen molar-refractivity contribution < 1.29 is 14.6 Å². The van der Waals surface area contributed by atoms with Crippen molar-refractivity contribution in [3.8, 4) is 28.0 Å². The van der Waals surface area contributed by atoms with Gasteiger partial charge < -0.3 is 9.84 Å². The molecule has 25 heavy (non-hydrogen) atoms. The summed E-state index contributed by atoms with van der Waals surface area (Å²) in [5.41, 5.74) is 4.69. The van der Waals surface area contributed by atoms with E-state index in [1.165, 1.54) is 5.56 Å². The van der Waals surface area contributed by atoms with Gasteiger partial charge >= 0.3 is 6.16 Å². The molecule has 0 aliphatic heterocycles. The predicted molar refractivity (Wildman–Crippen MR) is 100.0 cm³/mol. The Kier molecular flexibility index (Phi) is 5.14. The Morgan fingerprint density at radius 2 is 1.48 bits per heavy atom. The largest absolute Gasteiger partial charge is 0.511 e. The van der Waals surface area contributed by atoms with Crippen LogP contribution in [0, 0.1) is 0 Å². The quantitative estimate of drug-likeness (QED) is 0.458. The fourth-order valence-corrected chi connectivity index (χ4v) is 3.06. The second kappa shape index (κ2) is 7.67. The molecule has 0 saturated carbocycles. The molecular formula is C22H20O3. The summed E-state index contributed by atoms with van der Waals surface area (Å²) < 4.78 is 5.24. The van der Waals surface area contributed by atoms with E-state index in [0.717, 1.165) is 35.1 Å². The van der Waals surface area contributed by atoms with Crippen molar-refractivity contribution in [1.82, 2.24) is 0 Å². The van der Waals surface area contributed by atoms with Crippen LogP contribution < -0.4 is 4.74 Å². The van der Waals surface area contributed by atoms with Gasteiger partial charge in [-0.2, -0.15) is 0 Å². The lowest BCUT2D eigenvalue weighted by atomic mass is 9.93. The lowest BCUT2D eigenvalue weighted by Crippen LogP contribution is -2.06. The minimum Gasteiger partial charge on any atom is -0.449 e. The van der Waals surface area contributed by atoms with E-state index in [0.29, 0.717) is 5.75 Å². The average molecular weight is 332 g/mol. The van der Waals surface area contributed by atoms with Gasteiger partial charge in [-0.3, -0.25) is 0 Å². The average Bonchev–Trinajstić information content (AvgIpc) is 2.63. The van der Waals surface area contributed by atoms with Crippen LogP contribution in [0.3, 0.4) is 0 Å². The normalized spacial score (nSPS) is 10.4. The summed E-state index contributed by atoms with van der Waals surface area (Å²) in [6.45, 7) is 2.13. The number of carbonyl (C=O) groups is 1. The van der Waals surface area contributed by atoms with Gasteiger partial charge in [0.15, 0.2) is 0 Å². The van der Waals surface area contributed by atoms with Gasteiger partial charge in [-0.15, -0.1) is 0 Å². The van der Waals surface area contributed by atoms with Crippen LogP contribution in [0.25, 0.3) is 22.3 Å². The first-order chi connectivity index (χ1) is 12.2. The Labute approximate surface area is 147 Å². The highest BCUT2D eigenvalue weighted by molar-refractivity contribution is 5.86. The molecule has 0 aromatic heterocycles. The minimum atomic E-state index is -1.31. The van der Waals surface area contributed by atoms with Crippen LogP contribution in [-0.2, 0) is 6.42 Å². The molecule has 0 heterocycles. The number of ether oxygens (including phenoxy) is 1. The molecule has 3 heteroatoms. The molecule has 3 aromatic carbocycles. The third-order valence-electron chi connectivity index (χ3n) is 4.12. The second-order valence-corrected chi connectivity index (χ2v) is 5.82. The van der Waals surface area contributed by atoms with E-state index in [9.17, 15) is 9.90 Å². The Bertz CT molecular complexity index is 869. The van der Waals surface area contributed by atoms with Crippen LogP contribution in [0.15, 0.2) is 72.8 Å². The van der Waals surface area contributed by atoms with Crippen molar-refractivity contribution in [2.24, 2.45) is 0 Å². The van der Waals surface area contributed by atoms with Crippen LogP contribution in [0.5, 0.6) is 5.75 Å². The zero-order chi connectivity index (χ0) is 17.6. The summed E-state index contributed by atoms with van der Waals surface area (Å²) in [6.07, 6.45) is 0.639. The van der Waals surface area contributed by atoms with Gasteiger partial charge in [0, 0.05) is 11.1 Å². The molecule has 0 aliphatic carbocycles. The number of para-hydroxylation sites is 1. The predicted octanol–water partition coefficient (Wildman–Crippen LogP) is 6.03. The summed E-state index contributed by atoms with van der Waals surface area (Å²) in [5.74, 6) is 0.379. The fourth-order valence-electron chi connectivity index (χ4n) is 3.06. The SMILES string of the molecule is CCCc1ccccc1-c1cccc(-c2ccccc2)c1OC(=O)O. The zero-order valence-electron chi connectivity index (χ0n) is 14.1. The van der Waals surface area contributed by atoms with Crippen LogP contribution in [0.2, 0.25) is 0 Å². The van der Waals surface area contributed by atoms with Crippen molar-refractivity contribution in [2.45, 2.75) is 19.8 Å². The lowest BCUT2D eigenvalue weighted by Gasteiger charge is -2.16. The molecule has 126 valence electrons. The number of aryl methyl sites for hydroxylation is 1. The number of hydrogen-bond donors (Lipinski definition) is 1. The van der Waals surface area contributed by atoms with E-state index in [1.54, 1.807) is 0 Å². The summed E-state index contributed by atoms with van der Waals surface area (Å²) in [4.78, 5) is 11.3. The van der Waals surface area contributed by atoms with E-state index in [-0.39, 0.29) is 0 Å². The van der Waals surface area contributed by atoms with Gasteiger partial charge in [0.25, 0.3) is 0 Å². The zero-order valence-corrected chi connectivity index (χ0v) is 14.1. The molecule has 0 atom stereocenters. The molecule has 0 saturated heterocycles. The highest BCUT2D eigenvalue weighted by Gasteiger charge is 2.17. The second-order valence-electron chi connectivity index (χ2n) is 5.82. The molecule has 1 N–H and O–H groups in total. The molecule has 0 aliphatic rings. The molecule has 0 bridgehead atoms. The van der Waals surface area contributed by atoms with Gasteiger partial charge in [-0.25, -0.2) is 4.79 Å². The van der Waals surface area contributed by atoms with Crippen LogP contribution in [0.1, 0.15) is 18.9 Å². The molecule has 0 amide bonds. The maximum Gasteiger partial charge on any atom is 0.511 e. The Balaban J connectivity index is 2.22. The van der Waals surface area contributed by atoms with E-state index in [2.05, 4.69) is 13.0 Å². The van der Waals surface area contributed by atoms with E-state index >= 15 is 0 Å². The van der Waals surface area contributed by atoms with Crippen LogP contribution in [0.4, 0.5) is 4.79 Å². The Morgan fingerprint density at radius 3 is 2.20 bits per heavy atom. The summed E-state index contributed by atoms with van der Waals surface area (Å²) in [6, 6.07) is 23.5. The van der Waals surface area contributed by atoms with Crippen molar-refractivity contribution in [3.05, 3.63) is 78.4 Å². The van der Waals surface area contributed by atoms with Crippen molar-refractivity contribution in [3.63, 3.8) is 0 Å². The molecule has 3 nitrogen and oxygen atoms in total. The number of benzene rings is 3. The molecule has 3 aromatic rings. The van der Waals surface area contributed by atoms with E-state index in [4.69, 9.17) is 4.74 Å². The first kappa shape index (κ1) is 16.8.